The number of hydrogen-bond donors (Lipinski definition) is 2. The van der Waals surface area contributed by atoms with Gasteiger partial charge in [-0.3, -0.25) is 0 Å². The first-order valence-electron chi connectivity index (χ1n) is 4.68. The van der Waals surface area contributed by atoms with Gasteiger partial charge in [-0.05, 0) is 54.5 Å². The van der Waals surface area contributed by atoms with Crippen molar-refractivity contribution in [2.24, 2.45) is 0 Å². The van der Waals surface area contributed by atoms with E-state index < -0.39 is 0 Å². The first-order valence-corrected chi connectivity index (χ1v) is 5.47. The van der Waals surface area contributed by atoms with Crippen molar-refractivity contribution in [1.82, 2.24) is 5.32 Å². The van der Waals surface area contributed by atoms with Crippen molar-refractivity contribution in [3.05, 3.63) is 22.2 Å². The monoisotopic (exact) mass is 273 g/mol. The third-order valence-corrected chi connectivity index (χ3v) is 3.20. The van der Waals surface area contributed by atoms with E-state index in [1.54, 1.807) is 0 Å². The maximum absolute atomic E-state index is 9.67. The molecule has 15 heavy (non-hydrogen) atoms. The van der Waals surface area contributed by atoms with Crippen LogP contribution >= 0.6 is 15.9 Å². The van der Waals surface area contributed by atoms with Crippen molar-refractivity contribution < 1.29 is 9.84 Å². The topological polar surface area (TPSA) is 41.5 Å². The molecule has 0 bridgehead atoms. The van der Waals surface area contributed by atoms with Gasteiger partial charge in [0.2, 0.25) is 0 Å². The van der Waals surface area contributed by atoms with Gasteiger partial charge in [0.05, 0.1) is 11.6 Å². The zero-order chi connectivity index (χ0) is 11.6. The number of hydrogen-bond acceptors (Lipinski definition) is 3. The van der Waals surface area contributed by atoms with E-state index in [0.29, 0.717) is 10.2 Å². The van der Waals surface area contributed by atoms with E-state index in [1.165, 1.54) is 7.11 Å². The standard InChI is InChI=1S/C11H16BrNO2/c1-11(2,13-3)7-5-8(12)10(14)9(6-7)15-4/h5-6,13-14H,1-4H3. The van der Waals surface area contributed by atoms with E-state index >= 15 is 0 Å². The molecule has 1 aromatic rings. The van der Waals surface area contributed by atoms with Gasteiger partial charge in [-0.25, -0.2) is 0 Å². The van der Waals surface area contributed by atoms with E-state index in [0.717, 1.165) is 5.56 Å². The molecule has 0 fully saturated rings. The lowest BCUT2D eigenvalue weighted by molar-refractivity contribution is 0.367. The maximum Gasteiger partial charge on any atom is 0.172 e. The second-order valence-electron chi connectivity index (χ2n) is 3.88. The highest BCUT2D eigenvalue weighted by Crippen LogP contribution is 2.37. The molecule has 0 saturated heterocycles. The summed E-state index contributed by atoms with van der Waals surface area (Å²) in [4.78, 5) is 0. The lowest BCUT2D eigenvalue weighted by Crippen LogP contribution is -2.33. The van der Waals surface area contributed by atoms with Crippen LogP contribution in [0.2, 0.25) is 0 Å². The Morgan fingerprint density at radius 2 is 2.00 bits per heavy atom. The van der Waals surface area contributed by atoms with Crippen molar-refractivity contribution in [3.63, 3.8) is 0 Å². The van der Waals surface area contributed by atoms with E-state index in [1.807, 2.05) is 19.2 Å². The van der Waals surface area contributed by atoms with Crippen LogP contribution < -0.4 is 10.1 Å². The fraction of sp³-hybridized carbons (Fsp3) is 0.455. The first-order chi connectivity index (χ1) is 6.92. The molecular weight excluding hydrogens is 258 g/mol. The van der Waals surface area contributed by atoms with Crippen molar-refractivity contribution in [2.75, 3.05) is 14.2 Å². The van der Waals surface area contributed by atoms with Gasteiger partial charge in [0.15, 0.2) is 11.5 Å². The highest BCUT2D eigenvalue weighted by Gasteiger charge is 2.21. The zero-order valence-corrected chi connectivity index (χ0v) is 11.0. The molecule has 0 amide bonds. The minimum absolute atomic E-state index is 0.133. The van der Waals surface area contributed by atoms with E-state index in [-0.39, 0.29) is 11.3 Å². The van der Waals surface area contributed by atoms with Gasteiger partial charge in [0, 0.05) is 5.54 Å². The minimum Gasteiger partial charge on any atom is -0.503 e. The zero-order valence-electron chi connectivity index (χ0n) is 9.39. The average Bonchev–Trinajstić information content (AvgIpc) is 2.21. The van der Waals surface area contributed by atoms with Crippen LogP contribution in [0.5, 0.6) is 11.5 Å². The van der Waals surface area contributed by atoms with Gasteiger partial charge in [0.1, 0.15) is 0 Å². The molecule has 0 aliphatic carbocycles. The summed E-state index contributed by atoms with van der Waals surface area (Å²) in [5.41, 5.74) is 0.885. The molecule has 0 heterocycles. The molecule has 0 radical (unpaired) electrons. The number of aromatic hydroxyl groups is 1. The molecule has 2 N–H and O–H groups in total. The molecule has 0 unspecified atom stereocenters. The summed E-state index contributed by atoms with van der Waals surface area (Å²) in [6.45, 7) is 4.12. The summed E-state index contributed by atoms with van der Waals surface area (Å²) in [5.74, 6) is 0.607. The molecule has 0 atom stereocenters. The second-order valence-corrected chi connectivity index (χ2v) is 4.74. The van der Waals surface area contributed by atoms with Gasteiger partial charge < -0.3 is 15.2 Å². The normalized spacial score (nSPS) is 11.5. The molecular formula is C11H16BrNO2. The van der Waals surface area contributed by atoms with Crippen molar-refractivity contribution in [2.45, 2.75) is 19.4 Å². The average molecular weight is 274 g/mol. The lowest BCUT2D eigenvalue weighted by Gasteiger charge is -2.25. The highest BCUT2D eigenvalue weighted by atomic mass is 79.9. The number of halogens is 1. The lowest BCUT2D eigenvalue weighted by atomic mass is 9.94. The molecule has 4 heteroatoms. The summed E-state index contributed by atoms with van der Waals surface area (Å²) in [6, 6.07) is 3.71. The van der Waals surface area contributed by atoms with Gasteiger partial charge >= 0.3 is 0 Å². The smallest absolute Gasteiger partial charge is 0.172 e. The van der Waals surface area contributed by atoms with Gasteiger partial charge in [-0.1, -0.05) is 0 Å². The summed E-state index contributed by atoms with van der Waals surface area (Å²) >= 11 is 3.30. The Morgan fingerprint density at radius 1 is 1.40 bits per heavy atom. The predicted molar refractivity (Wildman–Crippen MR) is 64.4 cm³/mol. The van der Waals surface area contributed by atoms with Crippen LogP contribution in [0.15, 0.2) is 16.6 Å². The van der Waals surface area contributed by atoms with Crippen LogP contribution in [0.1, 0.15) is 19.4 Å². The number of phenols is 1. The molecule has 84 valence electrons. The summed E-state index contributed by atoms with van der Waals surface area (Å²) < 4.78 is 5.74. The maximum atomic E-state index is 9.67. The van der Waals surface area contributed by atoms with Crippen LogP contribution in [-0.4, -0.2) is 19.3 Å². The predicted octanol–water partition coefficient (Wildman–Crippen LogP) is 2.62. The Kier molecular flexibility index (Phi) is 3.62. The quantitative estimate of drug-likeness (QED) is 0.890. The number of rotatable bonds is 3. The van der Waals surface area contributed by atoms with Crippen LogP contribution in [0, 0.1) is 0 Å². The molecule has 1 rings (SSSR count). The minimum atomic E-state index is -0.163. The van der Waals surface area contributed by atoms with Crippen LogP contribution in [0.25, 0.3) is 0 Å². The number of phenolic OH excluding ortho intramolecular Hbond substituents is 1. The van der Waals surface area contributed by atoms with Gasteiger partial charge in [0.25, 0.3) is 0 Å². The van der Waals surface area contributed by atoms with E-state index in [9.17, 15) is 5.11 Å². The Balaban J connectivity index is 3.28. The van der Waals surface area contributed by atoms with E-state index in [4.69, 9.17) is 4.74 Å². The third kappa shape index (κ3) is 2.44. The fourth-order valence-electron chi connectivity index (χ4n) is 1.23. The Hall–Kier alpha value is -0.740. The summed E-state index contributed by atoms with van der Waals surface area (Å²) in [7, 11) is 3.44. The fourth-order valence-corrected chi connectivity index (χ4v) is 1.68. The number of nitrogens with one attached hydrogen (secondary N) is 1. The first kappa shape index (κ1) is 12.3. The van der Waals surface area contributed by atoms with Crippen LogP contribution in [-0.2, 0) is 5.54 Å². The number of benzene rings is 1. The third-order valence-electron chi connectivity index (χ3n) is 2.60. The summed E-state index contributed by atoms with van der Waals surface area (Å²) in [5, 5.41) is 12.9. The molecule has 0 aliphatic rings. The van der Waals surface area contributed by atoms with Crippen molar-refractivity contribution in [3.8, 4) is 11.5 Å². The molecule has 0 aromatic heterocycles. The number of methoxy groups -OCH3 is 1. The van der Waals surface area contributed by atoms with Crippen molar-refractivity contribution >= 4 is 15.9 Å². The van der Waals surface area contributed by atoms with Gasteiger partial charge in [-0.2, -0.15) is 0 Å². The Labute approximate surface area is 98.6 Å². The SMILES string of the molecule is CNC(C)(C)c1cc(Br)c(O)c(OC)c1. The highest BCUT2D eigenvalue weighted by molar-refractivity contribution is 9.10. The Bertz CT molecular complexity index is 364. The molecule has 0 saturated carbocycles. The molecule has 1 aromatic carbocycles. The largest absolute Gasteiger partial charge is 0.503 e. The second kappa shape index (κ2) is 4.41. The summed E-state index contributed by atoms with van der Waals surface area (Å²) in [6.07, 6.45) is 0. The van der Waals surface area contributed by atoms with Crippen molar-refractivity contribution in [1.29, 1.82) is 0 Å². The van der Waals surface area contributed by atoms with Gasteiger partial charge in [-0.15, -0.1) is 0 Å². The van der Waals surface area contributed by atoms with Crippen LogP contribution in [0.4, 0.5) is 0 Å². The number of ether oxygens (including phenoxy) is 1. The molecule has 3 nitrogen and oxygen atoms in total. The van der Waals surface area contributed by atoms with Crippen LogP contribution in [0.3, 0.4) is 0 Å². The molecule has 0 aliphatic heterocycles. The Morgan fingerprint density at radius 3 is 2.47 bits per heavy atom. The molecule has 0 spiro atoms. The van der Waals surface area contributed by atoms with E-state index in [2.05, 4.69) is 35.1 Å².